The van der Waals surface area contributed by atoms with E-state index in [0.717, 1.165) is 0 Å². The molecule has 1 aromatic rings. The van der Waals surface area contributed by atoms with Crippen LogP contribution in [0.15, 0.2) is 18.2 Å². The van der Waals surface area contributed by atoms with Crippen LogP contribution in [-0.2, 0) is 9.59 Å². The van der Waals surface area contributed by atoms with Crippen LogP contribution in [0.2, 0.25) is 0 Å². The van der Waals surface area contributed by atoms with Crippen LogP contribution >= 0.6 is 0 Å². The zero-order valence-electron chi connectivity index (χ0n) is 12.5. The molecule has 1 saturated heterocycles. The standard InChI is InChI=1S/C15H17N3O4/c1-18-8-11(6-15(18)20)17-14(19)9-22-12-4-3-10(7-16)5-13(12)21-2/h3-5,11H,6,8-9H2,1-2H3,(H,17,19)/t11-/m0/s1. The normalized spacial score (nSPS) is 17.0. The average molecular weight is 303 g/mol. The third-order valence-electron chi connectivity index (χ3n) is 3.36. The van der Waals surface area contributed by atoms with Gasteiger partial charge in [0.25, 0.3) is 5.91 Å². The fourth-order valence-corrected chi connectivity index (χ4v) is 2.23. The van der Waals surface area contributed by atoms with E-state index in [0.29, 0.717) is 30.0 Å². The Balaban J connectivity index is 1.89. The van der Waals surface area contributed by atoms with Crippen LogP contribution in [0.25, 0.3) is 0 Å². The SMILES string of the molecule is COc1cc(C#N)ccc1OCC(=O)N[C@H]1CC(=O)N(C)C1. The van der Waals surface area contributed by atoms with Crippen molar-refractivity contribution in [3.63, 3.8) is 0 Å². The van der Waals surface area contributed by atoms with E-state index < -0.39 is 0 Å². The van der Waals surface area contributed by atoms with Crippen LogP contribution in [-0.4, -0.2) is 50.1 Å². The molecular weight excluding hydrogens is 286 g/mol. The zero-order valence-corrected chi connectivity index (χ0v) is 12.5. The Kier molecular flexibility index (Phi) is 4.84. The molecule has 1 N–H and O–H groups in total. The molecular formula is C15H17N3O4. The highest BCUT2D eigenvalue weighted by Crippen LogP contribution is 2.27. The van der Waals surface area contributed by atoms with Crippen molar-refractivity contribution in [2.45, 2.75) is 12.5 Å². The van der Waals surface area contributed by atoms with Gasteiger partial charge in [0.15, 0.2) is 18.1 Å². The van der Waals surface area contributed by atoms with Gasteiger partial charge in [0.2, 0.25) is 5.91 Å². The van der Waals surface area contributed by atoms with Crippen molar-refractivity contribution in [3.8, 4) is 17.6 Å². The Hall–Kier alpha value is -2.75. The third kappa shape index (κ3) is 3.67. The molecule has 0 aliphatic carbocycles. The third-order valence-corrected chi connectivity index (χ3v) is 3.36. The van der Waals surface area contributed by atoms with Gasteiger partial charge in [0.1, 0.15) is 0 Å². The molecule has 1 heterocycles. The number of methoxy groups -OCH3 is 1. The minimum absolute atomic E-state index is 0.0139. The molecule has 7 heteroatoms. The second-order valence-electron chi connectivity index (χ2n) is 5.01. The lowest BCUT2D eigenvalue weighted by molar-refractivity contribution is -0.126. The highest BCUT2D eigenvalue weighted by molar-refractivity contribution is 5.82. The van der Waals surface area contributed by atoms with E-state index in [4.69, 9.17) is 14.7 Å². The monoisotopic (exact) mass is 303 g/mol. The lowest BCUT2D eigenvalue weighted by Gasteiger charge is -2.14. The fourth-order valence-electron chi connectivity index (χ4n) is 2.23. The molecule has 1 aliphatic rings. The van der Waals surface area contributed by atoms with Crippen molar-refractivity contribution in [3.05, 3.63) is 23.8 Å². The summed E-state index contributed by atoms with van der Waals surface area (Å²) >= 11 is 0. The first kappa shape index (κ1) is 15.6. The van der Waals surface area contributed by atoms with Crippen LogP contribution < -0.4 is 14.8 Å². The number of nitriles is 1. The molecule has 0 unspecified atom stereocenters. The minimum Gasteiger partial charge on any atom is -0.493 e. The summed E-state index contributed by atoms with van der Waals surface area (Å²) in [4.78, 5) is 24.8. The fraction of sp³-hybridized carbons (Fsp3) is 0.400. The smallest absolute Gasteiger partial charge is 0.258 e. The maximum Gasteiger partial charge on any atom is 0.258 e. The molecule has 0 aromatic heterocycles. The van der Waals surface area contributed by atoms with E-state index in [1.807, 2.05) is 6.07 Å². The van der Waals surface area contributed by atoms with Crippen molar-refractivity contribution >= 4 is 11.8 Å². The summed E-state index contributed by atoms with van der Waals surface area (Å²) in [5, 5.41) is 11.6. The summed E-state index contributed by atoms with van der Waals surface area (Å²) in [6.07, 6.45) is 0.308. The predicted octanol–water partition coefficient (Wildman–Crippen LogP) is 0.293. The van der Waals surface area contributed by atoms with Crippen LogP contribution in [0.5, 0.6) is 11.5 Å². The maximum atomic E-state index is 11.8. The zero-order chi connectivity index (χ0) is 16.1. The van der Waals surface area contributed by atoms with E-state index >= 15 is 0 Å². The van der Waals surface area contributed by atoms with Crippen LogP contribution in [0.1, 0.15) is 12.0 Å². The number of benzene rings is 1. The number of likely N-dealkylation sites (tertiary alicyclic amines) is 1. The van der Waals surface area contributed by atoms with Gasteiger partial charge in [0.05, 0.1) is 24.8 Å². The first-order valence-electron chi connectivity index (χ1n) is 6.77. The number of carbonyl (C=O) groups is 2. The van der Waals surface area contributed by atoms with E-state index in [2.05, 4.69) is 5.32 Å². The largest absolute Gasteiger partial charge is 0.493 e. The Morgan fingerprint density at radius 1 is 1.50 bits per heavy atom. The molecule has 0 spiro atoms. The summed E-state index contributed by atoms with van der Waals surface area (Å²) in [7, 11) is 3.16. The molecule has 7 nitrogen and oxygen atoms in total. The molecule has 1 aromatic carbocycles. The number of amides is 2. The molecule has 22 heavy (non-hydrogen) atoms. The minimum atomic E-state index is -0.306. The number of ether oxygens (including phenoxy) is 2. The van der Waals surface area contributed by atoms with Gasteiger partial charge in [-0.25, -0.2) is 0 Å². The van der Waals surface area contributed by atoms with Gasteiger partial charge in [-0.15, -0.1) is 0 Å². The molecule has 1 atom stereocenters. The quantitative estimate of drug-likeness (QED) is 0.844. The van der Waals surface area contributed by atoms with Crippen molar-refractivity contribution < 1.29 is 19.1 Å². The van der Waals surface area contributed by atoms with Gasteiger partial charge < -0.3 is 19.7 Å². The van der Waals surface area contributed by atoms with Crippen molar-refractivity contribution in [1.29, 1.82) is 5.26 Å². The number of hydrogen-bond donors (Lipinski definition) is 1. The van der Waals surface area contributed by atoms with Gasteiger partial charge in [-0.1, -0.05) is 0 Å². The second-order valence-corrected chi connectivity index (χ2v) is 5.01. The van der Waals surface area contributed by atoms with E-state index in [1.54, 1.807) is 24.1 Å². The Morgan fingerprint density at radius 2 is 2.27 bits per heavy atom. The van der Waals surface area contributed by atoms with Gasteiger partial charge in [-0.2, -0.15) is 5.26 Å². The second kappa shape index (κ2) is 6.80. The lowest BCUT2D eigenvalue weighted by Crippen LogP contribution is -2.39. The molecule has 2 amide bonds. The maximum absolute atomic E-state index is 11.8. The van der Waals surface area contributed by atoms with Crippen LogP contribution in [0.3, 0.4) is 0 Å². The number of hydrogen-bond acceptors (Lipinski definition) is 5. The lowest BCUT2D eigenvalue weighted by atomic mass is 10.2. The van der Waals surface area contributed by atoms with E-state index in [-0.39, 0.29) is 24.5 Å². The van der Waals surface area contributed by atoms with Crippen molar-refractivity contribution in [2.24, 2.45) is 0 Å². The Morgan fingerprint density at radius 3 is 2.86 bits per heavy atom. The van der Waals surface area contributed by atoms with E-state index in [1.165, 1.54) is 13.2 Å². The van der Waals surface area contributed by atoms with Gasteiger partial charge >= 0.3 is 0 Å². The summed E-state index contributed by atoms with van der Waals surface area (Å²) < 4.78 is 10.5. The Bertz CT molecular complexity index is 624. The number of carbonyl (C=O) groups excluding carboxylic acids is 2. The summed E-state index contributed by atoms with van der Waals surface area (Å²) in [6.45, 7) is 0.321. The molecule has 1 fully saturated rings. The van der Waals surface area contributed by atoms with Gasteiger partial charge in [-0.3, -0.25) is 9.59 Å². The molecule has 2 rings (SSSR count). The highest BCUT2D eigenvalue weighted by atomic mass is 16.5. The topological polar surface area (TPSA) is 91.7 Å². The summed E-state index contributed by atoms with van der Waals surface area (Å²) in [5.74, 6) is 0.485. The van der Waals surface area contributed by atoms with Crippen molar-refractivity contribution in [1.82, 2.24) is 10.2 Å². The first-order valence-corrected chi connectivity index (χ1v) is 6.77. The first-order chi connectivity index (χ1) is 10.5. The van der Waals surface area contributed by atoms with Gasteiger partial charge in [-0.05, 0) is 12.1 Å². The Labute approximate surface area is 128 Å². The molecule has 1 aliphatic heterocycles. The summed E-state index contributed by atoms with van der Waals surface area (Å²) in [6, 6.07) is 6.52. The molecule has 0 saturated carbocycles. The van der Waals surface area contributed by atoms with Crippen molar-refractivity contribution in [2.75, 3.05) is 27.3 Å². The van der Waals surface area contributed by atoms with Gasteiger partial charge in [0, 0.05) is 26.1 Å². The van der Waals surface area contributed by atoms with Crippen LogP contribution in [0.4, 0.5) is 0 Å². The molecule has 116 valence electrons. The average Bonchev–Trinajstić information content (AvgIpc) is 2.82. The molecule has 0 radical (unpaired) electrons. The highest BCUT2D eigenvalue weighted by Gasteiger charge is 2.27. The van der Waals surface area contributed by atoms with E-state index in [9.17, 15) is 9.59 Å². The number of nitrogens with one attached hydrogen (secondary N) is 1. The summed E-state index contributed by atoms with van der Waals surface area (Å²) in [5.41, 5.74) is 0.446. The number of rotatable bonds is 5. The van der Waals surface area contributed by atoms with Crippen LogP contribution in [0, 0.1) is 11.3 Å². The molecule has 0 bridgehead atoms. The number of likely N-dealkylation sites (N-methyl/N-ethyl adjacent to an activating group) is 1. The number of nitrogens with zero attached hydrogens (tertiary/aromatic N) is 2. The predicted molar refractivity (Wildman–Crippen MR) is 77.4 cm³/mol.